The molecule has 0 fully saturated rings. The second kappa shape index (κ2) is 5.52. The lowest BCUT2D eigenvalue weighted by Gasteiger charge is -2.17. The third kappa shape index (κ3) is 3.31. The number of amides is 1. The summed E-state index contributed by atoms with van der Waals surface area (Å²) < 4.78 is 0. The Hall–Kier alpha value is -2.36. The summed E-state index contributed by atoms with van der Waals surface area (Å²) in [5.74, 6) is -0.0377. The fourth-order valence-electron chi connectivity index (χ4n) is 1.78. The van der Waals surface area contributed by atoms with Crippen LogP contribution in [0.25, 0.3) is 0 Å². The molecule has 0 spiro atoms. The average Bonchev–Trinajstić information content (AvgIpc) is 2.41. The third-order valence-corrected chi connectivity index (χ3v) is 2.90. The number of carbonyl (C=O) groups excluding carboxylic acids is 1. The molecule has 2 rings (SSSR count). The van der Waals surface area contributed by atoms with Crippen LogP contribution < -0.4 is 5.73 Å². The van der Waals surface area contributed by atoms with Crippen LogP contribution in [0.5, 0.6) is 0 Å². The van der Waals surface area contributed by atoms with Crippen molar-refractivity contribution in [2.24, 2.45) is 0 Å². The van der Waals surface area contributed by atoms with Crippen LogP contribution >= 0.6 is 0 Å². The Morgan fingerprint density at radius 3 is 2.47 bits per heavy atom. The molecule has 0 saturated carbocycles. The molecule has 1 aromatic heterocycles. The zero-order chi connectivity index (χ0) is 13.8. The molecule has 98 valence electrons. The lowest BCUT2D eigenvalue weighted by Crippen LogP contribution is -2.26. The van der Waals surface area contributed by atoms with E-state index in [9.17, 15) is 4.79 Å². The predicted octanol–water partition coefficient (Wildman–Crippen LogP) is 2.24. The van der Waals surface area contributed by atoms with Crippen molar-refractivity contribution in [3.05, 3.63) is 59.4 Å². The Morgan fingerprint density at radius 2 is 1.89 bits per heavy atom. The van der Waals surface area contributed by atoms with Crippen molar-refractivity contribution in [1.29, 1.82) is 0 Å². The number of pyridine rings is 1. The van der Waals surface area contributed by atoms with E-state index < -0.39 is 0 Å². The van der Waals surface area contributed by atoms with Crippen molar-refractivity contribution < 1.29 is 4.79 Å². The molecule has 0 aliphatic heterocycles. The average molecular weight is 255 g/mol. The van der Waals surface area contributed by atoms with Gasteiger partial charge in [-0.3, -0.25) is 9.78 Å². The Bertz CT molecular complexity index is 561. The first-order valence-electron chi connectivity index (χ1n) is 6.09. The third-order valence-electron chi connectivity index (χ3n) is 2.90. The van der Waals surface area contributed by atoms with E-state index in [1.807, 2.05) is 37.3 Å². The minimum atomic E-state index is -0.0377. The summed E-state index contributed by atoms with van der Waals surface area (Å²) in [7, 11) is 1.78. The van der Waals surface area contributed by atoms with E-state index in [0.29, 0.717) is 12.1 Å². The highest BCUT2D eigenvalue weighted by Gasteiger charge is 2.12. The van der Waals surface area contributed by atoms with E-state index in [4.69, 9.17) is 5.73 Å². The van der Waals surface area contributed by atoms with Crippen molar-refractivity contribution in [3.8, 4) is 0 Å². The molecule has 0 aliphatic carbocycles. The van der Waals surface area contributed by atoms with Crippen molar-refractivity contribution >= 4 is 11.6 Å². The van der Waals surface area contributed by atoms with Crippen LogP contribution in [0.3, 0.4) is 0 Å². The molecular weight excluding hydrogens is 238 g/mol. The Kier molecular flexibility index (Phi) is 3.80. The predicted molar refractivity (Wildman–Crippen MR) is 75.6 cm³/mol. The van der Waals surface area contributed by atoms with Gasteiger partial charge in [-0.1, -0.05) is 12.1 Å². The molecule has 1 heterocycles. The number of nitrogens with two attached hydrogens (primary N) is 1. The number of hydrogen-bond donors (Lipinski definition) is 1. The molecule has 2 aromatic rings. The number of nitrogen functional groups attached to an aromatic ring is 1. The molecule has 0 saturated heterocycles. The van der Waals surface area contributed by atoms with Crippen LogP contribution in [-0.2, 0) is 6.54 Å². The van der Waals surface area contributed by atoms with Gasteiger partial charge in [0.05, 0.1) is 5.56 Å². The van der Waals surface area contributed by atoms with Crippen LogP contribution in [0.4, 0.5) is 5.69 Å². The Balaban J connectivity index is 2.07. The first-order valence-corrected chi connectivity index (χ1v) is 6.09. The lowest BCUT2D eigenvalue weighted by atomic mass is 10.2. The summed E-state index contributed by atoms with van der Waals surface area (Å²) in [6.07, 6.45) is 1.61. The highest BCUT2D eigenvalue weighted by atomic mass is 16.2. The van der Waals surface area contributed by atoms with Crippen molar-refractivity contribution in [2.75, 3.05) is 12.8 Å². The first kappa shape index (κ1) is 13.1. The summed E-state index contributed by atoms with van der Waals surface area (Å²) in [4.78, 5) is 18.0. The van der Waals surface area contributed by atoms with Gasteiger partial charge in [-0.2, -0.15) is 0 Å². The monoisotopic (exact) mass is 255 g/mol. The smallest absolute Gasteiger partial charge is 0.255 e. The van der Waals surface area contributed by atoms with Gasteiger partial charge in [-0.05, 0) is 36.8 Å². The number of aromatic nitrogens is 1. The van der Waals surface area contributed by atoms with Gasteiger partial charge in [0.1, 0.15) is 0 Å². The van der Waals surface area contributed by atoms with E-state index in [2.05, 4.69) is 4.98 Å². The van der Waals surface area contributed by atoms with Crippen molar-refractivity contribution in [1.82, 2.24) is 9.88 Å². The maximum Gasteiger partial charge on any atom is 0.255 e. The zero-order valence-electron chi connectivity index (χ0n) is 11.1. The molecule has 0 bridgehead atoms. The molecule has 0 radical (unpaired) electrons. The minimum Gasteiger partial charge on any atom is -0.399 e. The number of nitrogens with zero attached hydrogens (tertiary/aromatic N) is 2. The van der Waals surface area contributed by atoms with Crippen LogP contribution in [0.2, 0.25) is 0 Å². The van der Waals surface area contributed by atoms with Crippen molar-refractivity contribution in [2.45, 2.75) is 13.5 Å². The molecule has 0 aliphatic rings. The van der Waals surface area contributed by atoms with Gasteiger partial charge in [-0.25, -0.2) is 0 Å². The Morgan fingerprint density at radius 1 is 1.21 bits per heavy atom. The summed E-state index contributed by atoms with van der Waals surface area (Å²) in [6, 6.07) is 11.1. The summed E-state index contributed by atoms with van der Waals surface area (Å²) in [5, 5.41) is 0. The SMILES string of the molecule is Cc1ccc(C(=O)N(C)Cc2ccc(N)cc2)cn1. The minimum absolute atomic E-state index is 0.0377. The summed E-state index contributed by atoms with van der Waals surface area (Å²) >= 11 is 0. The molecule has 0 atom stereocenters. The number of carbonyl (C=O) groups is 1. The number of anilines is 1. The second-order valence-corrected chi connectivity index (χ2v) is 4.59. The van der Waals surface area contributed by atoms with Gasteiger partial charge in [0.2, 0.25) is 0 Å². The molecule has 4 heteroatoms. The second-order valence-electron chi connectivity index (χ2n) is 4.59. The van der Waals surface area contributed by atoms with Gasteiger partial charge >= 0.3 is 0 Å². The van der Waals surface area contributed by atoms with Gasteiger partial charge in [0, 0.05) is 31.2 Å². The van der Waals surface area contributed by atoms with Gasteiger partial charge in [0.15, 0.2) is 0 Å². The molecule has 19 heavy (non-hydrogen) atoms. The standard InChI is InChI=1S/C15H17N3O/c1-11-3-6-13(9-17-11)15(19)18(2)10-12-4-7-14(16)8-5-12/h3-9H,10,16H2,1-2H3. The van der Waals surface area contributed by atoms with E-state index in [1.165, 1.54) is 0 Å². The molecule has 0 unspecified atom stereocenters. The summed E-state index contributed by atoms with van der Waals surface area (Å²) in [6.45, 7) is 2.44. The van der Waals surface area contributed by atoms with Crippen molar-refractivity contribution in [3.63, 3.8) is 0 Å². The van der Waals surface area contributed by atoms with E-state index in [-0.39, 0.29) is 5.91 Å². The van der Waals surface area contributed by atoms with E-state index >= 15 is 0 Å². The number of rotatable bonds is 3. The molecular formula is C15H17N3O. The van der Waals surface area contributed by atoms with Gasteiger partial charge in [0.25, 0.3) is 5.91 Å². The van der Waals surface area contributed by atoms with Gasteiger partial charge < -0.3 is 10.6 Å². The zero-order valence-corrected chi connectivity index (χ0v) is 11.1. The van der Waals surface area contributed by atoms with Crippen LogP contribution in [-0.4, -0.2) is 22.8 Å². The molecule has 4 nitrogen and oxygen atoms in total. The van der Waals surface area contributed by atoms with Crippen LogP contribution in [0.1, 0.15) is 21.6 Å². The first-order chi connectivity index (χ1) is 9.06. The highest BCUT2D eigenvalue weighted by Crippen LogP contribution is 2.10. The lowest BCUT2D eigenvalue weighted by molar-refractivity contribution is 0.0784. The molecule has 1 amide bonds. The fraction of sp³-hybridized carbons (Fsp3) is 0.200. The van der Waals surface area contributed by atoms with Gasteiger partial charge in [-0.15, -0.1) is 0 Å². The van der Waals surface area contributed by atoms with Crippen LogP contribution in [0.15, 0.2) is 42.6 Å². The Labute approximate surface area is 112 Å². The number of aryl methyl sites for hydroxylation is 1. The molecule has 1 aromatic carbocycles. The maximum absolute atomic E-state index is 12.2. The maximum atomic E-state index is 12.2. The van der Waals surface area contributed by atoms with E-state index in [1.54, 1.807) is 24.2 Å². The topological polar surface area (TPSA) is 59.2 Å². The number of hydrogen-bond acceptors (Lipinski definition) is 3. The molecule has 2 N–H and O–H groups in total. The largest absolute Gasteiger partial charge is 0.399 e. The van der Waals surface area contributed by atoms with Crippen LogP contribution in [0, 0.1) is 6.92 Å². The number of benzene rings is 1. The van der Waals surface area contributed by atoms with E-state index in [0.717, 1.165) is 16.9 Å². The fourth-order valence-corrected chi connectivity index (χ4v) is 1.78. The highest BCUT2D eigenvalue weighted by molar-refractivity contribution is 5.93. The quantitative estimate of drug-likeness (QED) is 0.856. The summed E-state index contributed by atoms with van der Waals surface area (Å²) in [5.41, 5.74) is 8.90. The normalized spacial score (nSPS) is 10.2.